The lowest BCUT2D eigenvalue weighted by atomic mass is 11.7. The van der Waals surface area contributed by atoms with Crippen molar-refractivity contribution in [2.75, 3.05) is 0 Å². The Morgan fingerprint density at radius 1 is 1.00 bits per heavy atom. The number of rotatable bonds is 0. The third-order valence-electron chi connectivity index (χ3n) is 0. The van der Waals surface area contributed by atoms with E-state index in [1.807, 2.05) is 0 Å². The molecule has 40 valence electrons. The Kier molecular flexibility index (Phi) is 143. The summed E-state index contributed by atoms with van der Waals surface area (Å²) >= 11 is 0. The van der Waals surface area contributed by atoms with Gasteiger partial charge in [-0.2, -0.15) is 0 Å². The van der Waals surface area contributed by atoms with Crippen molar-refractivity contribution in [1.82, 2.24) is 0 Å². The summed E-state index contributed by atoms with van der Waals surface area (Å²) in [7, 11) is 0. The minimum Gasteiger partial charge on any atom is -0.222 e. The van der Waals surface area contributed by atoms with Crippen LogP contribution in [0, 0.1) is 10.8 Å². The Morgan fingerprint density at radius 2 is 1.00 bits per heavy atom. The predicted octanol–water partition coefficient (Wildman–Crippen LogP) is 0.380. The molecule has 0 saturated carbocycles. The van der Waals surface area contributed by atoms with E-state index in [2.05, 4.69) is 0 Å². The van der Waals surface area contributed by atoms with Crippen LogP contribution in [0.2, 0.25) is 0 Å². The largest absolute Gasteiger partial charge is 0.231 e. The van der Waals surface area contributed by atoms with Crippen LogP contribution in [0.25, 0.3) is 0 Å². The Balaban J connectivity index is -0.0000000400. The first-order chi connectivity index (χ1) is 2.83. The van der Waals surface area contributed by atoms with E-state index in [0.29, 0.717) is 0 Å². The monoisotopic (exact) mass is 166 g/mol. The number of isocyanates is 2. The second-order valence-electron chi connectivity index (χ2n) is 0.204. The van der Waals surface area contributed by atoms with Gasteiger partial charge in [-0.1, -0.05) is 0 Å². The highest BCUT2D eigenvalue weighted by molar-refractivity contribution is 8.93. The van der Waals surface area contributed by atoms with E-state index in [4.69, 9.17) is 20.4 Å². The summed E-state index contributed by atoms with van der Waals surface area (Å²) in [4.78, 5) is 16.7. The van der Waals surface area contributed by atoms with Crippen LogP contribution in [0.1, 0.15) is 0 Å². The molecule has 0 saturated heterocycles. The molecule has 0 fully saturated rings. The molecule has 0 heterocycles. The fourth-order valence-corrected chi connectivity index (χ4v) is 0. The topological polar surface area (TPSA) is 81.8 Å². The zero-order valence-corrected chi connectivity index (χ0v) is 4.94. The van der Waals surface area contributed by atoms with Gasteiger partial charge in [0, 0.05) is 0 Å². The fourth-order valence-electron chi connectivity index (χ4n) is 0. The Hall–Kier alpha value is -0.760. The number of hydrogen-bond acceptors (Lipinski definition) is 4. The van der Waals surface area contributed by atoms with Crippen molar-refractivity contribution < 1.29 is 9.59 Å². The van der Waals surface area contributed by atoms with E-state index in [-0.39, 0.29) is 17.0 Å². The maximum Gasteiger partial charge on any atom is 0.231 e. The van der Waals surface area contributed by atoms with Crippen LogP contribution in [-0.4, -0.2) is 12.2 Å². The summed E-state index contributed by atoms with van der Waals surface area (Å²) in [6, 6.07) is 0. The van der Waals surface area contributed by atoms with Crippen molar-refractivity contribution in [3.8, 4) is 0 Å². The molecule has 0 spiro atoms. The predicted molar refractivity (Wildman–Crippen MR) is 27.1 cm³/mol. The standard InChI is InChI=1S/2CHNO.BrH/c2*2-1-3;/h2*2H;1H. The number of halogens is 1. The summed E-state index contributed by atoms with van der Waals surface area (Å²) in [6.07, 6.45) is 1.50. The molecule has 0 unspecified atom stereocenters. The smallest absolute Gasteiger partial charge is 0.222 e. The van der Waals surface area contributed by atoms with Crippen molar-refractivity contribution >= 4 is 29.1 Å². The third-order valence-corrected chi connectivity index (χ3v) is 0. The quantitative estimate of drug-likeness (QED) is 0.403. The van der Waals surface area contributed by atoms with Crippen LogP contribution in [-0.2, 0) is 9.59 Å². The number of carbonyl (C=O) groups excluding carboxylic acids is 2. The molecule has 0 amide bonds. The lowest BCUT2D eigenvalue weighted by molar-refractivity contribution is 0.562. The van der Waals surface area contributed by atoms with Crippen LogP contribution in [0.3, 0.4) is 0 Å². The molecular weight excluding hydrogens is 164 g/mol. The van der Waals surface area contributed by atoms with Gasteiger partial charge in [-0.15, -0.1) is 17.0 Å². The van der Waals surface area contributed by atoms with E-state index in [1.165, 1.54) is 0 Å². The molecule has 0 aliphatic carbocycles. The first-order valence-electron chi connectivity index (χ1n) is 0.908. The first-order valence-corrected chi connectivity index (χ1v) is 0.908. The van der Waals surface area contributed by atoms with Gasteiger partial charge in [-0.3, -0.25) is 0 Å². The maximum absolute atomic E-state index is 8.35. The Morgan fingerprint density at radius 3 is 1.00 bits per heavy atom. The lowest BCUT2D eigenvalue weighted by Gasteiger charge is -1.02. The normalized spacial score (nSPS) is 2.29. The molecule has 0 radical (unpaired) electrons. The average molecular weight is 167 g/mol. The van der Waals surface area contributed by atoms with Crippen molar-refractivity contribution in [2.24, 2.45) is 0 Å². The van der Waals surface area contributed by atoms with E-state index >= 15 is 0 Å². The van der Waals surface area contributed by atoms with E-state index in [9.17, 15) is 0 Å². The zero-order chi connectivity index (χ0) is 5.41. The molecule has 2 N–H and O–H groups in total. The van der Waals surface area contributed by atoms with Crippen molar-refractivity contribution in [2.45, 2.75) is 0 Å². The van der Waals surface area contributed by atoms with Crippen molar-refractivity contribution in [3.63, 3.8) is 0 Å². The highest BCUT2D eigenvalue weighted by Crippen LogP contribution is 0.871. The minimum atomic E-state index is 0. The van der Waals surface area contributed by atoms with Crippen molar-refractivity contribution in [1.29, 1.82) is 10.8 Å². The van der Waals surface area contributed by atoms with Gasteiger partial charge in [-0.25, -0.2) is 20.4 Å². The van der Waals surface area contributed by atoms with Gasteiger partial charge in [0.15, 0.2) is 0 Å². The molecule has 4 nitrogen and oxygen atoms in total. The highest BCUT2D eigenvalue weighted by atomic mass is 79.9. The Bertz CT molecular complexity index is 67.7. The van der Waals surface area contributed by atoms with E-state index < -0.39 is 0 Å². The Labute approximate surface area is 50.3 Å². The molecule has 0 aliphatic rings. The molecular formula is C2H3BrN2O2. The number of hydrogen-bond donors (Lipinski definition) is 2. The molecule has 0 aliphatic heterocycles. The van der Waals surface area contributed by atoms with E-state index in [1.54, 1.807) is 0 Å². The summed E-state index contributed by atoms with van der Waals surface area (Å²) in [5, 5.41) is 10.8. The van der Waals surface area contributed by atoms with Crippen LogP contribution in [0.4, 0.5) is 0 Å². The SMILES string of the molecule is Br.N=C=O.N=C=O. The maximum atomic E-state index is 8.35. The van der Waals surface area contributed by atoms with Crippen LogP contribution >= 0.6 is 17.0 Å². The van der Waals surface area contributed by atoms with Gasteiger partial charge in [0.2, 0.25) is 12.2 Å². The van der Waals surface area contributed by atoms with Gasteiger partial charge < -0.3 is 0 Å². The molecule has 0 rings (SSSR count). The van der Waals surface area contributed by atoms with Gasteiger partial charge in [0.25, 0.3) is 0 Å². The second-order valence-corrected chi connectivity index (χ2v) is 0.204. The lowest BCUT2D eigenvalue weighted by Crippen LogP contribution is -1.16. The highest BCUT2D eigenvalue weighted by Gasteiger charge is 1.04. The van der Waals surface area contributed by atoms with E-state index in [0.717, 1.165) is 12.2 Å². The minimum absolute atomic E-state index is 0. The zero-order valence-electron chi connectivity index (χ0n) is 3.22. The summed E-state index contributed by atoms with van der Waals surface area (Å²) in [6.45, 7) is 0. The molecule has 5 heteroatoms. The third kappa shape index (κ3) is 95.2. The van der Waals surface area contributed by atoms with Crippen LogP contribution in [0.5, 0.6) is 0 Å². The summed E-state index contributed by atoms with van der Waals surface area (Å²) in [5.74, 6) is 0. The summed E-state index contributed by atoms with van der Waals surface area (Å²) < 4.78 is 0. The van der Waals surface area contributed by atoms with Gasteiger partial charge >= 0.3 is 0 Å². The summed E-state index contributed by atoms with van der Waals surface area (Å²) in [5.41, 5.74) is 0. The first kappa shape index (κ1) is 16.3. The average Bonchev–Trinajstić information content (AvgIpc) is 1.39. The molecule has 0 aromatic heterocycles. The molecule has 0 aromatic rings. The van der Waals surface area contributed by atoms with Gasteiger partial charge in [0.1, 0.15) is 0 Å². The molecule has 0 aromatic carbocycles. The fraction of sp³-hybridized carbons (Fsp3) is 0. The van der Waals surface area contributed by atoms with Gasteiger partial charge in [0.05, 0.1) is 0 Å². The van der Waals surface area contributed by atoms with Gasteiger partial charge in [-0.05, 0) is 0 Å². The molecule has 7 heavy (non-hydrogen) atoms. The number of nitrogens with one attached hydrogen (secondary N) is 2. The molecule has 0 bridgehead atoms. The van der Waals surface area contributed by atoms with Crippen LogP contribution in [0.15, 0.2) is 0 Å². The van der Waals surface area contributed by atoms with Crippen molar-refractivity contribution in [3.05, 3.63) is 0 Å². The second kappa shape index (κ2) is 61.3. The van der Waals surface area contributed by atoms with Crippen LogP contribution < -0.4 is 0 Å². The molecule has 0 atom stereocenters.